The number of nitrogens with zero attached hydrogens (tertiary/aromatic N) is 2. The number of hydrazine groups is 1. The van der Waals surface area contributed by atoms with Crippen LogP contribution < -0.4 is 16.6 Å². The van der Waals surface area contributed by atoms with Gasteiger partial charge < -0.3 is 10.7 Å². The molecular formula is C13H25N5S. The van der Waals surface area contributed by atoms with Gasteiger partial charge >= 0.3 is 0 Å². The third-order valence-corrected chi connectivity index (χ3v) is 3.60. The molecule has 1 heterocycles. The van der Waals surface area contributed by atoms with Gasteiger partial charge in [-0.2, -0.15) is 11.8 Å². The summed E-state index contributed by atoms with van der Waals surface area (Å²) in [6, 6.07) is 0.381. The average molecular weight is 283 g/mol. The van der Waals surface area contributed by atoms with E-state index in [0.29, 0.717) is 11.9 Å². The Morgan fingerprint density at radius 1 is 1.21 bits per heavy atom. The van der Waals surface area contributed by atoms with Crippen molar-refractivity contribution in [2.24, 2.45) is 5.84 Å². The summed E-state index contributed by atoms with van der Waals surface area (Å²) in [6.07, 6.45) is 3.23. The van der Waals surface area contributed by atoms with Crippen molar-refractivity contribution >= 4 is 23.4 Å². The van der Waals surface area contributed by atoms with Crippen molar-refractivity contribution in [3.05, 3.63) is 11.4 Å². The number of thioether (sulfide) groups is 1. The minimum absolute atomic E-state index is 0.273. The van der Waals surface area contributed by atoms with E-state index in [-0.39, 0.29) is 5.92 Å². The SMILES string of the molecule is CSCCC(C)Nc1nc(C(C)C)nc(NN)c1C. The fraction of sp³-hybridized carbons (Fsp3) is 0.692. The van der Waals surface area contributed by atoms with E-state index in [1.54, 1.807) is 0 Å². The molecule has 6 heteroatoms. The number of hydrogen-bond acceptors (Lipinski definition) is 6. The zero-order valence-electron chi connectivity index (χ0n) is 12.4. The maximum absolute atomic E-state index is 5.53. The minimum atomic E-state index is 0.273. The Kier molecular flexibility index (Phi) is 6.37. The Morgan fingerprint density at radius 2 is 1.84 bits per heavy atom. The van der Waals surface area contributed by atoms with Crippen LogP contribution in [0.2, 0.25) is 0 Å². The molecule has 4 N–H and O–H groups in total. The molecule has 0 spiro atoms. The smallest absolute Gasteiger partial charge is 0.148 e. The van der Waals surface area contributed by atoms with Crippen molar-refractivity contribution in [3.63, 3.8) is 0 Å². The molecule has 5 nitrogen and oxygen atoms in total. The van der Waals surface area contributed by atoms with Gasteiger partial charge in [-0.15, -0.1) is 0 Å². The number of hydrogen-bond donors (Lipinski definition) is 3. The Hall–Kier alpha value is -1.01. The van der Waals surface area contributed by atoms with E-state index >= 15 is 0 Å². The maximum Gasteiger partial charge on any atom is 0.148 e. The first-order valence-electron chi connectivity index (χ1n) is 6.60. The van der Waals surface area contributed by atoms with E-state index in [1.165, 1.54) is 0 Å². The van der Waals surface area contributed by atoms with Crippen molar-refractivity contribution in [3.8, 4) is 0 Å². The molecule has 0 aromatic carbocycles. The molecule has 0 saturated carbocycles. The summed E-state index contributed by atoms with van der Waals surface area (Å²) < 4.78 is 0. The molecule has 0 aliphatic carbocycles. The van der Waals surface area contributed by atoms with Crippen LogP contribution in [0.15, 0.2) is 0 Å². The molecule has 19 heavy (non-hydrogen) atoms. The standard InChI is InChI=1S/C13H25N5S/c1-8(2)11-16-12(10(4)13(17-11)18-14)15-9(3)6-7-19-5/h8-9H,6-7,14H2,1-5H3,(H2,15,16,17,18). The summed E-state index contributed by atoms with van der Waals surface area (Å²) >= 11 is 1.86. The monoisotopic (exact) mass is 283 g/mol. The molecular weight excluding hydrogens is 258 g/mol. The lowest BCUT2D eigenvalue weighted by Crippen LogP contribution is -2.20. The Morgan fingerprint density at radius 3 is 2.37 bits per heavy atom. The zero-order valence-corrected chi connectivity index (χ0v) is 13.3. The van der Waals surface area contributed by atoms with Gasteiger partial charge in [0, 0.05) is 17.5 Å². The van der Waals surface area contributed by atoms with Crippen LogP contribution >= 0.6 is 11.8 Å². The second-order valence-electron chi connectivity index (χ2n) is 5.03. The third-order valence-electron chi connectivity index (χ3n) is 2.95. The van der Waals surface area contributed by atoms with Crippen LogP contribution in [0.5, 0.6) is 0 Å². The topological polar surface area (TPSA) is 75.9 Å². The lowest BCUT2D eigenvalue weighted by atomic mass is 10.2. The van der Waals surface area contributed by atoms with Gasteiger partial charge in [0.15, 0.2) is 0 Å². The highest BCUT2D eigenvalue weighted by atomic mass is 32.2. The molecule has 1 unspecified atom stereocenters. The van der Waals surface area contributed by atoms with Crippen LogP contribution in [-0.4, -0.2) is 28.0 Å². The molecule has 0 radical (unpaired) electrons. The van der Waals surface area contributed by atoms with Crippen molar-refractivity contribution in [1.82, 2.24) is 9.97 Å². The van der Waals surface area contributed by atoms with E-state index in [0.717, 1.165) is 29.4 Å². The number of nitrogen functional groups attached to an aromatic ring is 1. The number of anilines is 2. The first kappa shape index (κ1) is 16.0. The molecule has 0 aliphatic heterocycles. The molecule has 108 valence electrons. The van der Waals surface area contributed by atoms with Gasteiger partial charge in [-0.25, -0.2) is 15.8 Å². The predicted molar refractivity (Wildman–Crippen MR) is 84.8 cm³/mol. The van der Waals surface area contributed by atoms with Crippen molar-refractivity contribution in [2.75, 3.05) is 22.8 Å². The number of nitrogens with two attached hydrogens (primary N) is 1. The summed E-state index contributed by atoms with van der Waals surface area (Å²) in [5.41, 5.74) is 3.61. The van der Waals surface area contributed by atoms with Crippen molar-refractivity contribution in [2.45, 2.75) is 46.1 Å². The quantitative estimate of drug-likeness (QED) is 0.528. The fourth-order valence-electron chi connectivity index (χ4n) is 1.67. The summed E-state index contributed by atoms with van der Waals surface area (Å²) in [5.74, 6) is 9.31. The van der Waals surface area contributed by atoms with E-state index in [2.05, 4.69) is 47.7 Å². The summed E-state index contributed by atoms with van der Waals surface area (Å²) in [7, 11) is 0. The van der Waals surface area contributed by atoms with Crippen LogP contribution in [0.25, 0.3) is 0 Å². The van der Waals surface area contributed by atoms with E-state index in [4.69, 9.17) is 5.84 Å². The second kappa shape index (κ2) is 7.55. The zero-order chi connectivity index (χ0) is 14.4. The highest BCUT2D eigenvalue weighted by Gasteiger charge is 2.14. The lowest BCUT2D eigenvalue weighted by molar-refractivity contribution is 0.743. The largest absolute Gasteiger partial charge is 0.367 e. The summed E-state index contributed by atoms with van der Waals surface area (Å²) in [4.78, 5) is 9.03. The lowest BCUT2D eigenvalue weighted by Gasteiger charge is -2.18. The minimum Gasteiger partial charge on any atom is -0.367 e. The number of aromatic nitrogens is 2. The van der Waals surface area contributed by atoms with Crippen LogP contribution in [-0.2, 0) is 0 Å². The molecule has 1 rings (SSSR count). The number of rotatable bonds is 7. The third kappa shape index (κ3) is 4.54. The number of nitrogens with one attached hydrogen (secondary N) is 2. The van der Waals surface area contributed by atoms with Crippen molar-refractivity contribution in [1.29, 1.82) is 0 Å². The summed E-state index contributed by atoms with van der Waals surface area (Å²) in [6.45, 7) is 8.29. The van der Waals surface area contributed by atoms with Gasteiger partial charge in [0.05, 0.1) is 0 Å². The van der Waals surface area contributed by atoms with E-state index in [9.17, 15) is 0 Å². The highest BCUT2D eigenvalue weighted by Crippen LogP contribution is 2.23. The molecule has 0 bridgehead atoms. The van der Waals surface area contributed by atoms with Gasteiger partial charge in [-0.1, -0.05) is 13.8 Å². The normalized spacial score (nSPS) is 12.6. The molecule has 1 aromatic heterocycles. The van der Waals surface area contributed by atoms with Crippen molar-refractivity contribution < 1.29 is 0 Å². The summed E-state index contributed by atoms with van der Waals surface area (Å²) in [5, 5.41) is 3.45. The van der Waals surface area contributed by atoms with Crippen LogP contribution in [0, 0.1) is 6.92 Å². The van der Waals surface area contributed by atoms with Gasteiger partial charge in [-0.3, -0.25) is 0 Å². The van der Waals surface area contributed by atoms with Gasteiger partial charge in [0.2, 0.25) is 0 Å². The average Bonchev–Trinajstić information content (AvgIpc) is 2.38. The molecule has 0 fully saturated rings. The Balaban J connectivity index is 2.94. The first-order chi connectivity index (χ1) is 8.99. The molecule has 0 aliphatic rings. The second-order valence-corrected chi connectivity index (χ2v) is 6.02. The van der Waals surface area contributed by atoms with Crippen LogP contribution in [0.1, 0.15) is 44.5 Å². The van der Waals surface area contributed by atoms with E-state index < -0.39 is 0 Å². The van der Waals surface area contributed by atoms with E-state index in [1.807, 2.05) is 18.7 Å². The van der Waals surface area contributed by atoms with Gasteiger partial charge in [0.25, 0.3) is 0 Å². The van der Waals surface area contributed by atoms with Gasteiger partial charge in [0.1, 0.15) is 17.5 Å². The molecule has 1 atom stereocenters. The Labute approximate surface area is 120 Å². The molecule has 0 amide bonds. The molecule has 1 aromatic rings. The maximum atomic E-state index is 5.53. The molecule has 0 saturated heterocycles. The van der Waals surface area contributed by atoms with Gasteiger partial charge in [-0.05, 0) is 32.3 Å². The fourth-order valence-corrected chi connectivity index (χ4v) is 2.26. The Bertz CT molecular complexity index is 408. The van der Waals surface area contributed by atoms with Crippen LogP contribution in [0.4, 0.5) is 11.6 Å². The highest BCUT2D eigenvalue weighted by molar-refractivity contribution is 7.98. The first-order valence-corrected chi connectivity index (χ1v) is 7.99. The predicted octanol–water partition coefficient (Wildman–Crippen LogP) is 2.75. The van der Waals surface area contributed by atoms with Crippen LogP contribution in [0.3, 0.4) is 0 Å².